The van der Waals surface area contributed by atoms with Gasteiger partial charge in [-0.05, 0) is 56.9 Å². The van der Waals surface area contributed by atoms with Crippen LogP contribution in [0.25, 0.3) is 0 Å². The molecular formula is C19H35N5S. The van der Waals surface area contributed by atoms with Gasteiger partial charge in [-0.2, -0.15) is 0 Å². The number of hydrogen-bond donors (Lipinski definition) is 1. The molecule has 0 saturated carbocycles. The Hall–Kier alpha value is -1.27. The molecule has 2 rings (SSSR count). The molecule has 1 N–H and O–H groups in total. The van der Waals surface area contributed by atoms with E-state index in [2.05, 4.69) is 58.3 Å². The summed E-state index contributed by atoms with van der Waals surface area (Å²) in [5.41, 5.74) is 0. The molecule has 1 saturated heterocycles. The van der Waals surface area contributed by atoms with Gasteiger partial charge in [-0.25, -0.2) is 0 Å². The number of rotatable bonds is 9. The van der Waals surface area contributed by atoms with E-state index in [0.717, 1.165) is 58.3 Å². The van der Waals surface area contributed by atoms with Crippen molar-refractivity contribution in [2.24, 2.45) is 4.99 Å². The molecule has 25 heavy (non-hydrogen) atoms. The molecule has 1 fully saturated rings. The molecule has 142 valence electrons. The summed E-state index contributed by atoms with van der Waals surface area (Å²) in [4.78, 5) is 12.3. The van der Waals surface area contributed by atoms with Gasteiger partial charge < -0.3 is 20.0 Å². The van der Waals surface area contributed by atoms with Crippen molar-refractivity contribution in [3.05, 3.63) is 17.5 Å². The van der Waals surface area contributed by atoms with Crippen LogP contribution in [0.3, 0.4) is 0 Å². The van der Waals surface area contributed by atoms with E-state index < -0.39 is 0 Å². The van der Waals surface area contributed by atoms with Crippen molar-refractivity contribution in [3.8, 4) is 0 Å². The minimum atomic E-state index is 0.925. The van der Waals surface area contributed by atoms with Gasteiger partial charge in [0.25, 0.3) is 0 Å². The Labute approximate surface area is 157 Å². The van der Waals surface area contributed by atoms with Gasteiger partial charge in [0.2, 0.25) is 0 Å². The molecule has 0 spiro atoms. The molecule has 2 heterocycles. The molecule has 0 bridgehead atoms. The van der Waals surface area contributed by atoms with Crippen molar-refractivity contribution in [2.75, 3.05) is 63.8 Å². The third-order valence-corrected chi connectivity index (χ3v) is 5.70. The van der Waals surface area contributed by atoms with Gasteiger partial charge in [0.1, 0.15) is 0 Å². The molecule has 0 aromatic carbocycles. The van der Waals surface area contributed by atoms with E-state index in [1.54, 1.807) is 0 Å². The number of piperazine rings is 1. The Bertz CT molecular complexity index is 476. The van der Waals surface area contributed by atoms with E-state index in [4.69, 9.17) is 4.99 Å². The van der Waals surface area contributed by atoms with Crippen LogP contribution >= 0.6 is 11.3 Å². The highest BCUT2D eigenvalue weighted by Gasteiger charge is 2.20. The zero-order chi connectivity index (χ0) is 17.9. The first-order chi connectivity index (χ1) is 12.3. The second kappa shape index (κ2) is 11.4. The number of guanidine groups is 1. The quantitative estimate of drug-likeness (QED) is 0.414. The van der Waals surface area contributed by atoms with Gasteiger partial charge >= 0.3 is 0 Å². The van der Waals surface area contributed by atoms with E-state index in [0.29, 0.717) is 0 Å². The zero-order valence-electron chi connectivity index (χ0n) is 16.2. The summed E-state index contributed by atoms with van der Waals surface area (Å²) in [5, 5.41) is 7.02. The van der Waals surface area contributed by atoms with Crippen LogP contribution in [-0.4, -0.2) is 74.7 Å². The summed E-state index contributed by atoms with van der Waals surface area (Å²) in [6, 6.07) is 4.35. The van der Waals surface area contributed by atoms with Crippen LogP contribution in [0.1, 0.15) is 33.6 Å². The molecule has 0 radical (unpaired) electrons. The maximum Gasteiger partial charge on any atom is 0.194 e. The topological polar surface area (TPSA) is 34.1 Å². The number of aliphatic imine (C=N–C) groups is 1. The lowest BCUT2D eigenvalue weighted by Crippen LogP contribution is -2.52. The maximum absolute atomic E-state index is 4.87. The van der Waals surface area contributed by atoms with E-state index >= 15 is 0 Å². The van der Waals surface area contributed by atoms with Crippen LogP contribution in [-0.2, 0) is 0 Å². The first-order valence-corrected chi connectivity index (χ1v) is 10.7. The summed E-state index contributed by atoms with van der Waals surface area (Å²) < 4.78 is 0. The van der Waals surface area contributed by atoms with Crippen molar-refractivity contribution in [2.45, 2.75) is 33.6 Å². The second-order valence-electron chi connectivity index (χ2n) is 6.40. The van der Waals surface area contributed by atoms with E-state index in [9.17, 15) is 0 Å². The van der Waals surface area contributed by atoms with Crippen molar-refractivity contribution >= 4 is 22.3 Å². The van der Waals surface area contributed by atoms with Crippen LogP contribution in [0.4, 0.5) is 5.00 Å². The van der Waals surface area contributed by atoms with Crippen molar-refractivity contribution in [1.82, 2.24) is 15.1 Å². The van der Waals surface area contributed by atoms with Crippen LogP contribution < -0.4 is 10.2 Å². The molecule has 0 atom stereocenters. The lowest BCUT2D eigenvalue weighted by molar-refractivity contribution is 0.297. The molecule has 1 aromatic heterocycles. The number of thiophene rings is 1. The molecule has 1 aromatic rings. The molecule has 1 aliphatic rings. The number of nitrogens with one attached hydrogen (secondary N) is 1. The normalized spacial score (nSPS) is 15.9. The van der Waals surface area contributed by atoms with Gasteiger partial charge in [0.15, 0.2) is 5.96 Å². The SMILES string of the molecule is CCNC(=NCCCCN(CC)CC)N1CCN(c2cccs2)CC1. The van der Waals surface area contributed by atoms with E-state index in [1.165, 1.54) is 24.4 Å². The zero-order valence-corrected chi connectivity index (χ0v) is 17.0. The fourth-order valence-corrected chi connectivity index (χ4v) is 3.97. The highest BCUT2D eigenvalue weighted by molar-refractivity contribution is 7.14. The van der Waals surface area contributed by atoms with Gasteiger partial charge in [-0.15, -0.1) is 11.3 Å². The standard InChI is InChI=1S/C19H35N5S/c1-4-20-19(21-11-7-8-12-22(5-2)6-3)24-15-13-23(14-16-24)18-10-9-17-25-18/h9-10,17H,4-8,11-16H2,1-3H3,(H,20,21). The highest BCUT2D eigenvalue weighted by Crippen LogP contribution is 2.22. The Morgan fingerprint density at radius 1 is 1.16 bits per heavy atom. The maximum atomic E-state index is 4.87. The molecule has 6 heteroatoms. The van der Waals surface area contributed by atoms with Crippen LogP contribution in [0.5, 0.6) is 0 Å². The van der Waals surface area contributed by atoms with Crippen molar-refractivity contribution in [1.29, 1.82) is 0 Å². The fraction of sp³-hybridized carbons (Fsp3) is 0.737. The van der Waals surface area contributed by atoms with Crippen molar-refractivity contribution in [3.63, 3.8) is 0 Å². The largest absolute Gasteiger partial charge is 0.360 e. The van der Waals surface area contributed by atoms with Gasteiger partial charge in [0, 0.05) is 39.3 Å². The highest BCUT2D eigenvalue weighted by atomic mass is 32.1. The molecule has 0 unspecified atom stereocenters. The number of hydrogen-bond acceptors (Lipinski definition) is 4. The van der Waals surface area contributed by atoms with Crippen molar-refractivity contribution < 1.29 is 0 Å². The third kappa shape index (κ3) is 6.51. The van der Waals surface area contributed by atoms with E-state index in [1.807, 2.05) is 11.3 Å². The van der Waals surface area contributed by atoms with Gasteiger partial charge in [-0.1, -0.05) is 13.8 Å². The Kier molecular flexibility index (Phi) is 9.11. The second-order valence-corrected chi connectivity index (χ2v) is 7.32. The summed E-state index contributed by atoms with van der Waals surface area (Å²) in [6.45, 7) is 16.2. The minimum Gasteiger partial charge on any atom is -0.360 e. The average Bonchev–Trinajstić information content (AvgIpc) is 3.19. The Morgan fingerprint density at radius 3 is 2.52 bits per heavy atom. The average molecular weight is 366 g/mol. The first kappa shape index (κ1) is 20.0. The molecule has 0 aliphatic carbocycles. The molecular weight excluding hydrogens is 330 g/mol. The fourth-order valence-electron chi connectivity index (χ4n) is 3.19. The first-order valence-electron chi connectivity index (χ1n) is 9.82. The predicted molar refractivity (Wildman–Crippen MR) is 111 cm³/mol. The monoisotopic (exact) mass is 365 g/mol. The summed E-state index contributed by atoms with van der Waals surface area (Å²) in [5.74, 6) is 1.09. The molecule has 5 nitrogen and oxygen atoms in total. The number of unbranched alkanes of at least 4 members (excludes halogenated alkanes) is 1. The third-order valence-electron chi connectivity index (χ3n) is 4.77. The summed E-state index contributed by atoms with van der Waals surface area (Å²) >= 11 is 1.83. The van der Waals surface area contributed by atoms with Gasteiger partial charge in [-0.3, -0.25) is 4.99 Å². The Morgan fingerprint density at radius 2 is 1.92 bits per heavy atom. The van der Waals surface area contributed by atoms with Crippen LogP contribution in [0.15, 0.2) is 22.5 Å². The smallest absolute Gasteiger partial charge is 0.194 e. The number of nitrogens with zero attached hydrogens (tertiary/aromatic N) is 4. The summed E-state index contributed by atoms with van der Waals surface area (Å²) in [6.07, 6.45) is 2.40. The molecule has 1 aliphatic heterocycles. The lowest BCUT2D eigenvalue weighted by Gasteiger charge is -2.37. The lowest BCUT2D eigenvalue weighted by atomic mass is 10.3. The van der Waals surface area contributed by atoms with Crippen LogP contribution in [0.2, 0.25) is 0 Å². The van der Waals surface area contributed by atoms with Gasteiger partial charge in [0.05, 0.1) is 5.00 Å². The predicted octanol–water partition coefficient (Wildman–Crippen LogP) is 2.96. The Balaban J connectivity index is 1.76. The minimum absolute atomic E-state index is 0.925. The molecule has 0 amide bonds. The van der Waals surface area contributed by atoms with E-state index in [-0.39, 0.29) is 0 Å². The number of anilines is 1. The summed E-state index contributed by atoms with van der Waals surface area (Å²) in [7, 11) is 0. The van der Waals surface area contributed by atoms with Crippen LogP contribution in [0, 0.1) is 0 Å².